The molecule has 0 spiro atoms. The molecule has 0 saturated heterocycles. The van der Waals surface area contributed by atoms with Crippen LogP contribution in [0.3, 0.4) is 0 Å². The van der Waals surface area contributed by atoms with Crippen molar-refractivity contribution in [3.05, 3.63) is 11.6 Å². The first kappa shape index (κ1) is 11.2. The summed E-state index contributed by atoms with van der Waals surface area (Å²) in [5.74, 6) is 2.00. The van der Waals surface area contributed by atoms with Crippen molar-refractivity contribution in [3.63, 3.8) is 0 Å². The van der Waals surface area contributed by atoms with Gasteiger partial charge in [0.1, 0.15) is 11.6 Å². The third-order valence-corrected chi connectivity index (χ3v) is 2.43. The molecule has 0 aliphatic heterocycles. The molecule has 4 heteroatoms. The van der Waals surface area contributed by atoms with Crippen molar-refractivity contribution < 1.29 is 0 Å². The van der Waals surface area contributed by atoms with Crippen molar-refractivity contribution in [2.75, 3.05) is 0 Å². The first-order valence-corrected chi connectivity index (χ1v) is 5.33. The maximum atomic E-state index is 5.97. The zero-order valence-corrected chi connectivity index (χ0v) is 9.32. The number of hydrogen-bond acceptors (Lipinski definition) is 3. The molecule has 80 valence electrons. The van der Waals surface area contributed by atoms with Gasteiger partial charge in [-0.3, -0.25) is 0 Å². The van der Waals surface area contributed by atoms with Crippen LogP contribution in [0.4, 0.5) is 0 Å². The predicted molar refractivity (Wildman–Crippen MR) is 57.0 cm³/mol. The van der Waals surface area contributed by atoms with Gasteiger partial charge in [-0.2, -0.15) is 0 Å². The summed E-state index contributed by atoms with van der Waals surface area (Å²) in [4.78, 5) is 0. The lowest BCUT2D eigenvalue weighted by atomic mass is 10.1. The van der Waals surface area contributed by atoms with E-state index in [2.05, 4.69) is 28.6 Å². The number of hydrogen-bond donors (Lipinski definition) is 1. The van der Waals surface area contributed by atoms with Gasteiger partial charge in [0.15, 0.2) is 0 Å². The van der Waals surface area contributed by atoms with Crippen LogP contribution in [0.5, 0.6) is 0 Å². The Balaban J connectivity index is 2.66. The van der Waals surface area contributed by atoms with Crippen LogP contribution < -0.4 is 5.73 Å². The van der Waals surface area contributed by atoms with E-state index in [0.29, 0.717) is 0 Å². The fraction of sp³-hybridized carbons (Fsp3) is 0.800. The predicted octanol–water partition coefficient (Wildman–Crippen LogP) is 1.28. The van der Waals surface area contributed by atoms with Crippen LogP contribution >= 0.6 is 0 Å². The molecule has 1 aromatic rings. The Hall–Kier alpha value is -0.900. The molecular weight excluding hydrogens is 176 g/mol. The highest BCUT2D eigenvalue weighted by Gasteiger charge is 2.10. The van der Waals surface area contributed by atoms with E-state index in [0.717, 1.165) is 37.5 Å². The maximum Gasteiger partial charge on any atom is 0.134 e. The van der Waals surface area contributed by atoms with Gasteiger partial charge in [-0.1, -0.05) is 13.3 Å². The van der Waals surface area contributed by atoms with Crippen molar-refractivity contribution >= 4 is 0 Å². The van der Waals surface area contributed by atoms with Crippen LogP contribution in [0, 0.1) is 6.92 Å². The zero-order valence-electron chi connectivity index (χ0n) is 9.32. The van der Waals surface area contributed by atoms with Crippen molar-refractivity contribution in [1.29, 1.82) is 0 Å². The SMILES string of the molecule is CCCC(N)Cc1nnc(C)n1CC. The van der Waals surface area contributed by atoms with E-state index in [1.807, 2.05) is 6.92 Å². The fourth-order valence-electron chi connectivity index (χ4n) is 1.69. The first-order chi connectivity index (χ1) is 6.69. The Morgan fingerprint density at radius 3 is 2.64 bits per heavy atom. The summed E-state index contributed by atoms with van der Waals surface area (Å²) >= 11 is 0. The molecule has 2 N–H and O–H groups in total. The van der Waals surface area contributed by atoms with Crippen LogP contribution in [-0.4, -0.2) is 20.8 Å². The van der Waals surface area contributed by atoms with Crippen LogP contribution in [0.15, 0.2) is 0 Å². The minimum atomic E-state index is 0.217. The second kappa shape index (κ2) is 5.10. The molecule has 1 heterocycles. The molecule has 1 aromatic heterocycles. The molecule has 0 bridgehead atoms. The third kappa shape index (κ3) is 2.54. The largest absolute Gasteiger partial charge is 0.327 e. The van der Waals surface area contributed by atoms with Crippen molar-refractivity contribution in [3.8, 4) is 0 Å². The first-order valence-electron chi connectivity index (χ1n) is 5.33. The molecule has 0 radical (unpaired) electrons. The van der Waals surface area contributed by atoms with E-state index in [1.54, 1.807) is 0 Å². The molecule has 1 unspecified atom stereocenters. The minimum absolute atomic E-state index is 0.217. The third-order valence-electron chi connectivity index (χ3n) is 2.43. The number of aromatic nitrogens is 3. The average Bonchev–Trinajstić information content (AvgIpc) is 2.47. The summed E-state index contributed by atoms with van der Waals surface area (Å²) in [6.45, 7) is 7.15. The lowest BCUT2D eigenvalue weighted by Gasteiger charge is -2.10. The Morgan fingerprint density at radius 2 is 2.07 bits per heavy atom. The standard InChI is InChI=1S/C10H20N4/c1-4-6-9(11)7-10-13-12-8(3)14(10)5-2/h9H,4-7,11H2,1-3H3. The number of aryl methyl sites for hydroxylation is 1. The quantitative estimate of drug-likeness (QED) is 0.771. The second-order valence-electron chi connectivity index (χ2n) is 3.66. The van der Waals surface area contributed by atoms with Gasteiger partial charge in [-0.25, -0.2) is 0 Å². The van der Waals surface area contributed by atoms with E-state index in [9.17, 15) is 0 Å². The van der Waals surface area contributed by atoms with Crippen LogP contribution in [0.1, 0.15) is 38.3 Å². The van der Waals surface area contributed by atoms with E-state index in [-0.39, 0.29) is 6.04 Å². The van der Waals surface area contributed by atoms with Crippen LogP contribution in [0.2, 0.25) is 0 Å². The number of nitrogens with zero attached hydrogens (tertiary/aromatic N) is 3. The smallest absolute Gasteiger partial charge is 0.134 e. The highest BCUT2D eigenvalue weighted by Crippen LogP contribution is 2.06. The van der Waals surface area contributed by atoms with E-state index in [4.69, 9.17) is 5.73 Å². The summed E-state index contributed by atoms with van der Waals surface area (Å²) in [5.41, 5.74) is 5.97. The summed E-state index contributed by atoms with van der Waals surface area (Å²) in [5, 5.41) is 8.20. The fourth-order valence-corrected chi connectivity index (χ4v) is 1.69. The van der Waals surface area contributed by atoms with Crippen LogP contribution in [-0.2, 0) is 13.0 Å². The van der Waals surface area contributed by atoms with E-state index in [1.165, 1.54) is 0 Å². The van der Waals surface area contributed by atoms with Gasteiger partial charge in [0.2, 0.25) is 0 Å². The normalized spacial score (nSPS) is 13.1. The van der Waals surface area contributed by atoms with E-state index >= 15 is 0 Å². The second-order valence-corrected chi connectivity index (χ2v) is 3.66. The molecule has 1 atom stereocenters. The zero-order chi connectivity index (χ0) is 10.6. The molecule has 0 fully saturated rings. The van der Waals surface area contributed by atoms with Crippen molar-refractivity contribution in [2.45, 2.75) is 52.6 Å². The van der Waals surface area contributed by atoms with Gasteiger partial charge in [0.25, 0.3) is 0 Å². The molecule has 0 saturated carbocycles. The van der Waals surface area contributed by atoms with Crippen molar-refractivity contribution in [1.82, 2.24) is 14.8 Å². The Labute approximate surface area is 85.5 Å². The number of rotatable bonds is 5. The summed E-state index contributed by atoms with van der Waals surface area (Å²) in [7, 11) is 0. The summed E-state index contributed by atoms with van der Waals surface area (Å²) < 4.78 is 2.12. The van der Waals surface area contributed by atoms with Gasteiger partial charge in [0.05, 0.1) is 0 Å². The van der Waals surface area contributed by atoms with Gasteiger partial charge in [0, 0.05) is 19.0 Å². The molecule has 0 aliphatic rings. The minimum Gasteiger partial charge on any atom is -0.327 e. The van der Waals surface area contributed by atoms with E-state index < -0.39 is 0 Å². The summed E-state index contributed by atoms with van der Waals surface area (Å²) in [6, 6.07) is 0.217. The number of nitrogens with two attached hydrogens (primary N) is 1. The van der Waals surface area contributed by atoms with Gasteiger partial charge >= 0.3 is 0 Å². The molecule has 0 amide bonds. The highest BCUT2D eigenvalue weighted by molar-refractivity contribution is 4.96. The maximum absolute atomic E-state index is 5.97. The summed E-state index contributed by atoms with van der Waals surface area (Å²) in [6.07, 6.45) is 3.01. The molecule has 0 aromatic carbocycles. The molecule has 4 nitrogen and oxygen atoms in total. The lowest BCUT2D eigenvalue weighted by molar-refractivity contribution is 0.560. The van der Waals surface area contributed by atoms with Gasteiger partial charge in [-0.15, -0.1) is 10.2 Å². The van der Waals surface area contributed by atoms with Gasteiger partial charge < -0.3 is 10.3 Å². The van der Waals surface area contributed by atoms with Gasteiger partial charge in [-0.05, 0) is 20.3 Å². The van der Waals surface area contributed by atoms with Crippen LogP contribution in [0.25, 0.3) is 0 Å². The van der Waals surface area contributed by atoms with Crippen molar-refractivity contribution in [2.24, 2.45) is 5.73 Å². The Bertz CT molecular complexity index is 280. The average molecular weight is 196 g/mol. The molecular formula is C10H20N4. The Morgan fingerprint density at radius 1 is 1.36 bits per heavy atom. The Kier molecular flexibility index (Phi) is 4.07. The molecule has 14 heavy (non-hydrogen) atoms. The highest BCUT2D eigenvalue weighted by atomic mass is 15.3. The molecule has 1 rings (SSSR count). The topological polar surface area (TPSA) is 56.7 Å². The monoisotopic (exact) mass is 196 g/mol. The molecule has 0 aliphatic carbocycles. The lowest BCUT2D eigenvalue weighted by Crippen LogP contribution is -2.24.